The molecule has 2 N–H and O–H groups in total. The predicted molar refractivity (Wildman–Crippen MR) is 110 cm³/mol. The third-order valence-corrected chi connectivity index (χ3v) is 5.45. The van der Waals surface area contributed by atoms with Gasteiger partial charge in [-0.1, -0.05) is 38.7 Å². The maximum Gasteiger partial charge on any atom is 0.247 e. The zero-order valence-corrected chi connectivity index (χ0v) is 17.5. The number of hydrogen-bond donors (Lipinski definition) is 2. The summed E-state index contributed by atoms with van der Waals surface area (Å²) < 4.78 is 5.20. The average molecular weight is 411 g/mol. The van der Waals surface area contributed by atoms with Crippen LogP contribution in [0.25, 0.3) is 0 Å². The van der Waals surface area contributed by atoms with Crippen molar-refractivity contribution in [3.8, 4) is 11.5 Å². The van der Waals surface area contributed by atoms with Crippen molar-refractivity contribution in [3.05, 3.63) is 23.8 Å². The number of methoxy groups -OCH3 is 1. The van der Waals surface area contributed by atoms with E-state index in [1.165, 1.54) is 19.6 Å². The molecular formula is C21H31ClN2O4. The van der Waals surface area contributed by atoms with Gasteiger partial charge in [0.1, 0.15) is 11.9 Å². The Labute approximate surface area is 172 Å². The molecule has 0 heterocycles. The second-order valence-corrected chi connectivity index (χ2v) is 7.52. The van der Waals surface area contributed by atoms with Crippen LogP contribution in [-0.2, 0) is 9.59 Å². The monoisotopic (exact) mass is 410 g/mol. The van der Waals surface area contributed by atoms with Crippen LogP contribution < -0.4 is 10.1 Å². The summed E-state index contributed by atoms with van der Waals surface area (Å²) in [5.74, 6) is -0.435. The quantitative estimate of drug-likeness (QED) is 0.607. The highest BCUT2D eigenvalue weighted by molar-refractivity contribution is 6.27. The van der Waals surface area contributed by atoms with Crippen LogP contribution >= 0.6 is 11.6 Å². The van der Waals surface area contributed by atoms with Gasteiger partial charge in [0.05, 0.1) is 7.11 Å². The van der Waals surface area contributed by atoms with Crippen LogP contribution in [0.5, 0.6) is 11.5 Å². The van der Waals surface area contributed by atoms with Gasteiger partial charge in [0.25, 0.3) is 0 Å². The standard InChI is InChI=1S/C21H31ClN2O4/c1-3-4-12-24(19(26)14-22)20(15-10-11-17(25)18(13-15)28-2)21(27)23-16-8-6-5-7-9-16/h10-11,13,16,20,25H,3-9,12,14H2,1-2H3,(H,23,27). The van der Waals surface area contributed by atoms with Crippen molar-refractivity contribution in [3.63, 3.8) is 0 Å². The Morgan fingerprint density at radius 2 is 2.04 bits per heavy atom. The molecule has 0 saturated heterocycles. The van der Waals surface area contributed by atoms with Crippen molar-refractivity contribution in [1.82, 2.24) is 10.2 Å². The Bertz CT molecular complexity index is 662. The molecular weight excluding hydrogens is 380 g/mol. The summed E-state index contributed by atoms with van der Waals surface area (Å²) in [7, 11) is 1.45. The first-order valence-corrected chi connectivity index (χ1v) is 10.6. The molecule has 0 aromatic heterocycles. The molecule has 6 nitrogen and oxygen atoms in total. The molecule has 156 valence electrons. The van der Waals surface area contributed by atoms with E-state index in [2.05, 4.69) is 5.32 Å². The average Bonchev–Trinajstić information content (AvgIpc) is 2.71. The van der Waals surface area contributed by atoms with Gasteiger partial charge in [-0.15, -0.1) is 11.6 Å². The molecule has 1 aromatic rings. The first-order chi connectivity index (χ1) is 13.5. The highest BCUT2D eigenvalue weighted by Crippen LogP contribution is 2.32. The molecule has 1 unspecified atom stereocenters. The van der Waals surface area contributed by atoms with Crippen molar-refractivity contribution in [2.45, 2.75) is 64.0 Å². The van der Waals surface area contributed by atoms with Crippen molar-refractivity contribution < 1.29 is 19.4 Å². The number of alkyl halides is 1. The molecule has 0 radical (unpaired) electrons. The summed E-state index contributed by atoms with van der Waals surface area (Å²) in [6.45, 7) is 2.47. The minimum Gasteiger partial charge on any atom is -0.504 e. The van der Waals surface area contributed by atoms with Gasteiger partial charge in [0.15, 0.2) is 11.5 Å². The van der Waals surface area contributed by atoms with Gasteiger partial charge in [0, 0.05) is 12.6 Å². The first kappa shape index (κ1) is 22.3. The first-order valence-electron chi connectivity index (χ1n) is 10.0. The third kappa shape index (κ3) is 5.77. The van der Waals surface area contributed by atoms with Crippen LogP contribution in [0.1, 0.15) is 63.5 Å². The maximum absolute atomic E-state index is 13.3. The van der Waals surface area contributed by atoms with Crippen LogP contribution in [0, 0.1) is 0 Å². The van der Waals surface area contributed by atoms with E-state index < -0.39 is 6.04 Å². The molecule has 0 spiro atoms. The molecule has 0 bridgehead atoms. The number of unbranched alkanes of at least 4 members (excludes halogenated alkanes) is 1. The number of carbonyl (C=O) groups excluding carboxylic acids is 2. The van der Waals surface area contributed by atoms with Crippen molar-refractivity contribution in [1.29, 1.82) is 0 Å². The Hall–Kier alpha value is -1.95. The number of rotatable bonds is 9. The van der Waals surface area contributed by atoms with Crippen molar-refractivity contribution in [2.75, 3.05) is 19.5 Å². The van der Waals surface area contributed by atoms with E-state index in [0.717, 1.165) is 38.5 Å². The number of phenolic OH excluding ortho intramolecular Hbond substituents is 1. The van der Waals surface area contributed by atoms with Crippen molar-refractivity contribution in [2.24, 2.45) is 0 Å². The van der Waals surface area contributed by atoms with Gasteiger partial charge in [-0.25, -0.2) is 0 Å². The summed E-state index contributed by atoms with van der Waals surface area (Å²) in [6.07, 6.45) is 6.96. The zero-order chi connectivity index (χ0) is 20.5. The fraction of sp³-hybridized carbons (Fsp3) is 0.619. The molecule has 1 fully saturated rings. The van der Waals surface area contributed by atoms with Gasteiger partial charge in [-0.2, -0.15) is 0 Å². The minimum atomic E-state index is -0.811. The lowest BCUT2D eigenvalue weighted by molar-refractivity contribution is -0.139. The van der Waals surface area contributed by atoms with Crippen LogP contribution in [0.2, 0.25) is 0 Å². The second-order valence-electron chi connectivity index (χ2n) is 7.25. The molecule has 2 rings (SSSR count). The number of carbonyl (C=O) groups is 2. The van der Waals surface area contributed by atoms with E-state index in [1.54, 1.807) is 17.0 Å². The molecule has 0 aliphatic heterocycles. The van der Waals surface area contributed by atoms with Crippen LogP contribution in [0.3, 0.4) is 0 Å². The Morgan fingerprint density at radius 1 is 1.32 bits per heavy atom. The summed E-state index contributed by atoms with van der Waals surface area (Å²) in [6, 6.07) is 4.07. The number of ether oxygens (including phenoxy) is 1. The molecule has 1 aromatic carbocycles. The summed E-state index contributed by atoms with van der Waals surface area (Å²) in [5.41, 5.74) is 0.595. The van der Waals surface area contributed by atoms with Gasteiger partial charge in [0.2, 0.25) is 11.8 Å². The number of benzene rings is 1. The molecule has 1 saturated carbocycles. The number of halogens is 1. The maximum atomic E-state index is 13.3. The fourth-order valence-corrected chi connectivity index (χ4v) is 3.82. The molecule has 7 heteroatoms. The number of amides is 2. The lowest BCUT2D eigenvalue weighted by atomic mass is 9.94. The van der Waals surface area contributed by atoms with Gasteiger partial charge < -0.3 is 20.1 Å². The molecule has 1 aliphatic carbocycles. The normalized spacial score (nSPS) is 15.7. The second kappa shape index (κ2) is 11.1. The SMILES string of the molecule is CCCCN(C(=O)CCl)C(C(=O)NC1CCCCC1)c1ccc(O)c(OC)c1. The number of nitrogens with one attached hydrogen (secondary N) is 1. The van der Waals surface area contributed by atoms with Gasteiger partial charge in [-0.3, -0.25) is 9.59 Å². The summed E-state index contributed by atoms with van der Waals surface area (Å²) in [4.78, 5) is 27.4. The number of aromatic hydroxyl groups is 1. The lowest BCUT2D eigenvalue weighted by Gasteiger charge is -2.33. The highest BCUT2D eigenvalue weighted by Gasteiger charge is 2.32. The number of nitrogens with zero attached hydrogens (tertiary/aromatic N) is 1. The Kier molecular flexibility index (Phi) is 8.90. The van der Waals surface area contributed by atoms with Gasteiger partial charge in [-0.05, 0) is 37.0 Å². The lowest BCUT2D eigenvalue weighted by Crippen LogP contribution is -2.47. The Balaban J connectivity index is 2.37. The third-order valence-electron chi connectivity index (χ3n) is 5.22. The smallest absolute Gasteiger partial charge is 0.247 e. The van der Waals surface area contributed by atoms with E-state index >= 15 is 0 Å². The number of phenols is 1. The van der Waals surface area contributed by atoms with Crippen LogP contribution in [0.15, 0.2) is 18.2 Å². The van der Waals surface area contributed by atoms with E-state index in [0.29, 0.717) is 12.1 Å². The summed E-state index contributed by atoms with van der Waals surface area (Å²) in [5, 5.41) is 13.1. The molecule has 1 aliphatic rings. The largest absolute Gasteiger partial charge is 0.504 e. The zero-order valence-electron chi connectivity index (χ0n) is 16.7. The predicted octanol–water partition coefficient (Wildman–Crippen LogP) is 3.76. The highest BCUT2D eigenvalue weighted by atomic mass is 35.5. The van der Waals surface area contributed by atoms with Crippen LogP contribution in [0.4, 0.5) is 0 Å². The van der Waals surface area contributed by atoms with E-state index in [4.69, 9.17) is 16.3 Å². The van der Waals surface area contributed by atoms with Crippen molar-refractivity contribution >= 4 is 23.4 Å². The van der Waals surface area contributed by atoms with E-state index in [1.807, 2.05) is 6.92 Å². The van der Waals surface area contributed by atoms with Gasteiger partial charge >= 0.3 is 0 Å². The molecule has 28 heavy (non-hydrogen) atoms. The number of hydrogen-bond acceptors (Lipinski definition) is 4. The molecule has 2 amide bonds. The van der Waals surface area contributed by atoms with E-state index in [9.17, 15) is 14.7 Å². The minimum absolute atomic E-state index is 0.0125. The molecule has 1 atom stereocenters. The fourth-order valence-electron chi connectivity index (χ4n) is 3.67. The van der Waals surface area contributed by atoms with E-state index in [-0.39, 0.29) is 35.2 Å². The summed E-state index contributed by atoms with van der Waals surface area (Å²) >= 11 is 5.85. The van der Waals surface area contributed by atoms with Crippen LogP contribution in [-0.4, -0.2) is 47.4 Å². The Morgan fingerprint density at radius 3 is 2.64 bits per heavy atom. The topological polar surface area (TPSA) is 78.9 Å².